The van der Waals surface area contributed by atoms with Crippen LogP contribution in [0.2, 0.25) is 0 Å². The van der Waals surface area contributed by atoms with E-state index < -0.39 is 11.8 Å². The highest BCUT2D eigenvalue weighted by Gasteiger charge is 2.34. The molecule has 3 aromatic carbocycles. The van der Waals surface area contributed by atoms with Gasteiger partial charge in [-0.25, -0.2) is 0 Å². The summed E-state index contributed by atoms with van der Waals surface area (Å²) in [6.45, 7) is 0. The number of anilines is 1. The Balaban J connectivity index is 1.64. The molecule has 0 bridgehead atoms. The van der Waals surface area contributed by atoms with Crippen LogP contribution >= 0.6 is 28.1 Å². The van der Waals surface area contributed by atoms with Crippen LogP contribution in [0.25, 0.3) is 6.08 Å². The number of hydrogen-bond donors (Lipinski definition) is 1. The van der Waals surface area contributed by atoms with Crippen molar-refractivity contribution < 1.29 is 23.8 Å². The van der Waals surface area contributed by atoms with Gasteiger partial charge in [0.2, 0.25) is 0 Å². The summed E-state index contributed by atoms with van der Waals surface area (Å²) < 4.78 is 17.1. The molecule has 1 N–H and O–H groups in total. The van der Waals surface area contributed by atoms with Crippen molar-refractivity contribution in [2.75, 3.05) is 19.1 Å². The molecule has 0 unspecified atom stereocenters. The Hall–Kier alpha value is -3.69. The van der Waals surface area contributed by atoms with Gasteiger partial charge in [0.25, 0.3) is 11.8 Å². The molecule has 1 fully saturated rings. The lowest BCUT2D eigenvalue weighted by molar-refractivity contribution is -0.122. The minimum Gasteiger partial charge on any atom is -0.495 e. The molecule has 1 saturated heterocycles. The van der Waals surface area contributed by atoms with E-state index in [9.17, 15) is 9.59 Å². The van der Waals surface area contributed by atoms with Crippen molar-refractivity contribution in [2.24, 2.45) is 0 Å². The number of benzene rings is 3. The third-order valence-electron chi connectivity index (χ3n) is 4.95. The van der Waals surface area contributed by atoms with Crippen LogP contribution in [-0.2, 0) is 9.59 Å². The Morgan fingerprint density at radius 2 is 1.50 bits per heavy atom. The van der Waals surface area contributed by atoms with Gasteiger partial charge >= 0.3 is 0 Å². The number of rotatable bonds is 6. The molecular weight excluding hydrogens is 520 g/mol. The third-order valence-corrected chi connectivity index (χ3v) is 6.02. The Labute approximate surface area is 210 Å². The highest BCUT2D eigenvalue weighted by molar-refractivity contribution is 9.10. The number of halogens is 1. The van der Waals surface area contributed by atoms with E-state index in [1.807, 2.05) is 30.3 Å². The molecular formula is C25H19BrN2O5S. The minimum atomic E-state index is -0.587. The van der Waals surface area contributed by atoms with Crippen LogP contribution in [-0.4, -0.2) is 31.1 Å². The summed E-state index contributed by atoms with van der Waals surface area (Å²) in [5, 5.41) is 2.57. The van der Waals surface area contributed by atoms with Crippen molar-refractivity contribution in [3.05, 3.63) is 82.3 Å². The van der Waals surface area contributed by atoms with Crippen LogP contribution in [0.15, 0.2) is 76.8 Å². The second kappa shape index (κ2) is 10.1. The van der Waals surface area contributed by atoms with Gasteiger partial charge in [-0.1, -0.05) is 18.2 Å². The van der Waals surface area contributed by atoms with Crippen LogP contribution in [0.3, 0.4) is 0 Å². The third kappa shape index (κ3) is 4.80. The largest absolute Gasteiger partial charge is 0.495 e. The predicted octanol–water partition coefficient (Wildman–Crippen LogP) is 5.09. The summed E-state index contributed by atoms with van der Waals surface area (Å²) >= 11 is 8.69. The minimum absolute atomic E-state index is 0.00477. The lowest BCUT2D eigenvalue weighted by Gasteiger charge is -2.29. The first kappa shape index (κ1) is 23.5. The van der Waals surface area contributed by atoms with Gasteiger partial charge in [0.15, 0.2) is 5.11 Å². The molecule has 2 amide bonds. The van der Waals surface area contributed by atoms with Crippen molar-refractivity contribution >= 4 is 56.8 Å². The Bertz CT molecular complexity index is 1270. The molecule has 1 heterocycles. The lowest BCUT2D eigenvalue weighted by Crippen LogP contribution is -2.54. The summed E-state index contributed by atoms with van der Waals surface area (Å²) in [7, 11) is 3.03. The molecule has 9 heteroatoms. The van der Waals surface area contributed by atoms with Crippen LogP contribution in [0.4, 0.5) is 5.69 Å². The van der Waals surface area contributed by atoms with Crippen LogP contribution in [0, 0.1) is 0 Å². The maximum atomic E-state index is 13.3. The SMILES string of the molecule is COc1cc(/C=C2\C(=O)NC(=S)N(c3ccc(Oc4ccccc4)cc3)C2=O)cc(OC)c1Br. The summed E-state index contributed by atoms with van der Waals surface area (Å²) in [4.78, 5) is 27.2. The van der Waals surface area contributed by atoms with E-state index in [0.717, 1.165) is 0 Å². The van der Waals surface area contributed by atoms with E-state index in [2.05, 4.69) is 21.2 Å². The number of para-hydroxylation sites is 1. The fourth-order valence-electron chi connectivity index (χ4n) is 3.32. The highest BCUT2D eigenvalue weighted by Crippen LogP contribution is 2.36. The van der Waals surface area contributed by atoms with E-state index in [1.54, 1.807) is 36.4 Å². The lowest BCUT2D eigenvalue weighted by atomic mass is 10.1. The number of nitrogens with one attached hydrogen (secondary N) is 1. The van der Waals surface area contributed by atoms with Gasteiger partial charge in [-0.05, 0) is 88.3 Å². The van der Waals surface area contributed by atoms with Crippen LogP contribution in [0.5, 0.6) is 23.0 Å². The molecule has 172 valence electrons. The van der Waals surface area contributed by atoms with Gasteiger partial charge in [0, 0.05) is 0 Å². The van der Waals surface area contributed by atoms with Gasteiger partial charge in [0.1, 0.15) is 33.0 Å². The van der Waals surface area contributed by atoms with Crippen molar-refractivity contribution in [3.63, 3.8) is 0 Å². The number of thiocarbonyl (C=S) groups is 1. The molecule has 0 aliphatic carbocycles. The Morgan fingerprint density at radius 3 is 2.09 bits per heavy atom. The van der Waals surface area contributed by atoms with Gasteiger partial charge in [0.05, 0.1) is 19.9 Å². The fourth-order valence-corrected chi connectivity index (χ4v) is 4.15. The van der Waals surface area contributed by atoms with Crippen LogP contribution in [0.1, 0.15) is 5.56 Å². The molecule has 0 spiro atoms. The first-order valence-electron chi connectivity index (χ1n) is 10.1. The maximum Gasteiger partial charge on any atom is 0.270 e. The molecule has 3 aromatic rings. The number of amides is 2. The molecule has 4 rings (SSSR count). The normalized spacial score (nSPS) is 14.7. The number of carbonyl (C=O) groups excluding carboxylic acids is 2. The zero-order chi connectivity index (χ0) is 24.2. The number of carbonyl (C=O) groups is 2. The molecule has 34 heavy (non-hydrogen) atoms. The molecule has 1 aliphatic heterocycles. The first-order valence-corrected chi connectivity index (χ1v) is 11.3. The second-order valence-electron chi connectivity index (χ2n) is 7.11. The highest BCUT2D eigenvalue weighted by atomic mass is 79.9. The molecule has 0 saturated carbocycles. The zero-order valence-corrected chi connectivity index (χ0v) is 20.6. The number of ether oxygens (including phenoxy) is 3. The quantitative estimate of drug-likeness (QED) is 0.267. The number of nitrogens with zero attached hydrogens (tertiary/aromatic N) is 1. The van der Waals surface area contributed by atoms with Gasteiger partial charge in [-0.15, -0.1) is 0 Å². The number of methoxy groups -OCH3 is 2. The van der Waals surface area contributed by atoms with Crippen molar-refractivity contribution in [2.45, 2.75) is 0 Å². The molecule has 0 atom stereocenters. The molecule has 0 radical (unpaired) electrons. The van der Waals surface area contributed by atoms with Gasteiger partial charge in [-0.2, -0.15) is 0 Å². The standard InChI is InChI=1S/C25H19BrN2O5S/c1-31-20-13-15(14-21(32-2)22(20)26)12-19-23(29)27-25(34)28(24(19)30)16-8-10-18(11-9-16)33-17-6-4-3-5-7-17/h3-14H,1-2H3,(H,27,29,34)/b19-12+. The van der Waals surface area contributed by atoms with Crippen molar-refractivity contribution in [1.82, 2.24) is 5.32 Å². The smallest absolute Gasteiger partial charge is 0.270 e. The molecule has 0 aromatic heterocycles. The molecule has 1 aliphatic rings. The van der Waals surface area contributed by atoms with E-state index in [1.165, 1.54) is 25.2 Å². The zero-order valence-electron chi connectivity index (χ0n) is 18.2. The Morgan fingerprint density at radius 1 is 0.912 bits per heavy atom. The topological polar surface area (TPSA) is 77.1 Å². The first-order chi connectivity index (χ1) is 16.4. The summed E-state index contributed by atoms with van der Waals surface area (Å²) in [5.41, 5.74) is 0.965. The summed E-state index contributed by atoms with van der Waals surface area (Å²) in [6, 6.07) is 19.6. The second-order valence-corrected chi connectivity index (χ2v) is 8.29. The van der Waals surface area contributed by atoms with Crippen molar-refractivity contribution in [3.8, 4) is 23.0 Å². The van der Waals surface area contributed by atoms with E-state index >= 15 is 0 Å². The van der Waals surface area contributed by atoms with Gasteiger partial charge < -0.3 is 14.2 Å². The van der Waals surface area contributed by atoms with Crippen LogP contribution < -0.4 is 24.4 Å². The Kier molecular flexibility index (Phi) is 6.95. The van der Waals surface area contributed by atoms with E-state index in [-0.39, 0.29) is 10.7 Å². The fraction of sp³-hybridized carbons (Fsp3) is 0.0800. The summed E-state index contributed by atoms with van der Waals surface area (Å²) in [6.07, 6.45) is 1.47. The van der Waals surface area contributed by atoms with E-state index in [0.29, 0.717) is 38.7 Å². The molecule has 7 nitrogen and oxygen atoms in total. The maximum absolute atomic E-state index is 13.3. The average Bonchev–Trinajstić information content (AvgIpc) is 2.84. The predicted molar refractivity (Wildman–Crippen MR) is 136 cm³/mol. The number of hydrogen-bond acceptors (Lipinski definition) is 6. The monoisotopic (exact) mass is 538 g/mol. The average molecular weight is 539 g/mol. The van der Waals surface area contributed by atoms with Crippen molar-refractivity contribution in [1.29, 1.82) is 0 Å². The van der Waals surface area contributed by atoms with Gasteiger partial charge in [-0.3, -0.25) is 19.8 Å². The summed E-state index contributed by atoms with van der Waals surface area (Å²) in [5.74, 6) is 1.15. The van der Waals surface area contributed by atoms with E-state index in [4.69, 9.17) is 26.4 Å².